The van der Waals surface area contributed by atoms with Crippen LogP contribution >= 0.6 is 0 Å². The van der Waals surface area contributed by atoms with Gasteiger partial charge in [-0.3, -0.25) is 4.79 Å². The van der Waals surface area contributed by atoms with E-state index in [1.165, 1.54) is 46.0 Å². The maximum atomic E-state index is 14.3. The molecule has 0 saturated heterocycles. The summed E-state index contributed by atoms with van der Waals surface area (Å²) in [7, 11) is 0. The van der Waals surface area contributed by atoms with E-state index in [-0.39, 0.29) is 11.1 Å². The first-order valence-electron chi connectivity index (χ1n) is 13.2. The van der Waals surface area contributed by atoms with Crippen molar-refractivity contribution in [3.05, 3.63) is 144 Å². The Hall–Kier alpha value is -5.45. The zero-order chi connectivity index (χ0) is 31.1. The predicted molar refractivity (Wildman–Crippen MR) is 151 cm³/mol. The molecule has 0 unspecified atom stereocenters. The van der Waals surface area contributed by atoms with E-state index >= 15 is 0 Å². The Morgan fingerprint density at radius 2 is 0.841 bits per heavy atom. The Balaban J connectivity index is 1.50. The lowest BCUT2D eigenvalue weighted by molar-refractivity contribution is -0.138. The van der Waals surface area contributed by atoms with Gasteiger partial charge >= 0.3 is 12.4 Å². The van der Waals surface area contributed by atoms with Crippen LogP contribution in [0.3, 0.4) is 0 Å². The van der Waals surface area contributed by atoms with Gasteiger partial charge in [0.1, 0.15) is 0 Å². The lowest BCUT2D eigenvalue weighted by atomic mass is 9.97. The third kappa shape index (κ3) is 5.39. The molecule has 0 aliphatic heterocycles. The van der Waals surface area contributed by atoms with Crippen LogP contribution in [0.25, 0.3) is 33.9 Å². The van der Waals surface area contributed by atoms with Gasteiger partial charge in [-0.1, -0.05) is 60.7 Å². The summed E-state index contributed by atoms with van der Waals surface area (Å²) in [5.74, 6) is -0.487. The molecule has 5 nitrogen and oxygen atoms in total. The van der Waals surface area contributed by atoms with Gasteiger partial charge in [0, 0.05) is 11.1 Å². The van der Waals surface area contributed by atoms with Gasteiger partial charge in [0.15, 0.2) is 0 Å². The minimum absolute atomic E-state index is 0.153. The summed E-state index contributed by atoms with van der Waals surface area (Å²) in [5.41, 5.74) is 1.13. The molecule has 2 aromatic heterocycles. The molecule has 0 fully saturated rings. The quantitative estimate of drug-likeness (QED) is 0.142. The maximum Gasteiger partial charge on any atom is 0.416 e. The fourth-order valence-corrected chi connectivity index (χ4v) is 4.90. The molecule has 0 aliphatic rings. The van der Waals surface area contributed by atoms with Gasteiger partial charge < -0.3 is 0 Å². The van der Waals surface area contributed by atoms with Crippen LogP contribution in [0.2, 0.25) is 0 Å². The molecule has 0 amide bonds. The molecule has 4 aromatic carbocycles. The van der Waals surface area contributed by atoms with Gasteiger partial charge in [0.2, 0.25) is 5.78 Å². The van der Waals surface area contributed by atoms with Crippen molar-refractivity contribution in [1.82, 2.24) is 19.6 Å². The Labute approximate surface area is 246 Å². The van der Waals surface area contributed by atoms with Crippen molar-refractivity contribution in [1.29, 1.82) is 0 Å². The summed E-state index contributed by atoms with van der Waals surface area (Å²) in [5, 5.41) is 8.76. The van der Waals surface area contributed by atoms with Gasteiger partial charge in [-0.05, 0) is 48.5 Å². The molecule has 0 saturated carbocycles. The summed E-state index contributed by atoms with van der Waals surface area (Å²) < 4.78 is 82.1. The standard InChI is InChI=1S/C33H20F6N4O/c34-32(35,36)23-11-15-25(16-12-23)42-29(21-7-3-1-4-8-21)27(19-40-42)31(44)28-20-41-43(30(28)22-9-5-2-6-10-22)26-17-13-24(14-18-26)33(37,38)39/h1-20H. The first kappa shape index (κ1) is 28.7. The SMILES string of the molecule is O=C(c1cnn(-c2ccc(C(F)(F)F)cc2)c1-c1ccccc1)c1cnn(-c2ccc(C(F)(F)F)cc2)c1-c1ccccc1. The second kappa shape index (κ2) is 11.0. The van der Waals surface area contributed by atoms with Crippen molar-refractivity contribution >= 4 is 5.78 Å². The highest BCUT2D eigenvalue weighted by Crippen LogP contribution is 2.35. The number of benzene rings is 4. The van der Waals surface area contributed by atoms with Crippen molar-refractivity contribution < 1.29 is 31.1 Å². The number of carbonyl (C=O) groups is 1. The summed E-state index contributed by atoms with van der Waals surface area (Å²) in [6.45, 7) is 0. The number of carbonyl (C=O) groups excluding carboxylic acids is 1. The van der Waals surface area contributed by atoms with E-state index in [2.05, 4.69) is 10.2 Å². The summed E-state index contributed by atoms with van der Waals surface area (Å²) in [4.78, 5) is 14.3. The average molecular weight is 603 g/mol. The third-order valence-corrected chi connectivity index (χ3v) is 7.00. The topological polar surface area (TPSA) is 52.7 Å². The van der Waals surface area contributed by atoms with Crippen molar-refractivity contribution in [3.8, 4) is 33.9 Å². The number of ketones is 1. The lowest BCUT2D eigenvalue weighted by Crippen LogP contribution is -2.08. The molecule has 0 atom stereocenters. The van der Waals surface area contributed by atoms with Crippen LogP contribution < -0.4 is 0 Å². The highest BCUT2D eigenvalue weighted by molar-refractivity contribution is 6.15. The van der Waals surface area contributed by atoms with Crippen LogP contribution in [-0.4, -0.2) is 25.3 Å². The number of halogens is 6. The minimum Gasteiger partial charge on any atom is -0.288 e. The first-order valence-corrected chi connectivity index (χ1v) is 13.2. The molecule has 0 spiro atoms. The molecule has 0 radical (unpaired) electrons. The third-order valence-electron chi connectivity index (χ3n) is 7.00. The van der Waals surface area contributed by atoms with Crippen LogP contribution in [0.15, 0.2) is 122 Å². The smallest absolute Gasteiger partial charge is 0.288 e. The van der Waals surface area contributed by atoms with Crippen molar-refractivity contribution in [2.24, 2.45) is 0 Å². The van der Waals surface area contributed by atoms with Gasteiger partial charge in [-0.15, -0.1) is 0 Å². The molecule has 6 rings (SSSR count). The number of aromatic nitrogens is 4. The number of alkyl halides is 6. The van der Waals surface area contributed by atoms with E-state index in [9.17, 15) is 31.1 Å². The number of hydrogen-bond acceptors (Lipinski definition) is 3. The van der Waals surface area contributed by atoms with Gasteiger partial charge in [-0.2, -0.15) is 36.5 Å². The molecular weight excluding hydrogens is 582 g/mol. The van der Waals surface area contributed by atoms with E-state index in [0.717, 1.165) is 24.3 Å². The van der Waals surface area contributed by atoms with Crippen LogP contribution in [0.1, 0.15) is 27.0 Å². The van der Waals surface area contributed by atoms with E-state index < -0.39 is 29.3 Å². The number of hydrogen-bond donors (Lipinski definition) is 0. The van der Waals surface area contributed by atoms with Crippen LogP contribution in [0.5, 0.6) is 0 Å². The average Bonchev–Trinajstić information content (AvgIpc) is 3.67. The van der Waals surface area contributed by atoms with E-state index in [4.69, 9.17) is 0 Å². The normalized spacial score (nSPS) is 12.0. The maximum absolute atomic E-state index is 14.3. The highest BCUT2D eigenvalue weighted by Gasteiger charge is 2.32. The molecule has 220 valence electrons. The molecule has 2 heterocycles. The van der Waals surface area contributed by atoms with Crippen LogP contribution in [0.4, 0.5) is 26.3 Å². The predicted octanol–water partition coefficient (Wildman–Crippen LogP) is 8.66. The molecule has 0 aliphatic carbocycles. The molecular formula is C33H20F6N4O. The van der Waals surface area contributed by atoms with E-state index in [1.54, 1.807) is 60.7 Å². The second-order valence-corrected chi connectivity index (χ2v) is 9.79. The molecule has 0 bridgehead atoms. The molecule has 44 heavy (non-hydrogen) atoms. The monoisotopic (exact) mass is 602 g/mol. The Morgan fingerprint density at radius 1 is 0.500 bits per heavy atom. The van der Waals surface area contributed by atoms with E-state index in [1.807, 2.05) is 0 Å². The van der Waals surface area contributed by atoms with Crippen molar-refractivity contribution in [2.45, 2.75) is 12.4 Å². The largest absolute Gasteiger partial charge is 0.416 e. The zero-order valence-electron chi connectivity index (χ0n) is 22.5. The van der Waals surface area contributed by atoms with Crippen molar-refractivity contribution in [2.75, 3.05) is 0 Å². The van der Waals surface area contributed by atoms with Gasteiger partial charge in [-0.25, -0.2) is 9.36 Å². The highest BCUT2D eigenvalue weighted by atomic mass is 19.4. The minimum atomic E-state index is -4.52. The number of nitrogens with zero attached hydrogens (tertiary/aromatic N) is 4. The fraction of sp³-hybridized carbons (Fsp3) is 0.0606. The zero-order valence-corrected chi connectivity index (χ0v) is 22.5. The first-order chi connectivity index (χ1) is 21.0. The molecule has 6 aromatic rings. The summed E-state index contributed by atoms with van der Waals surface area (Å²) in [6.07, 6.45) is -6.36. The lowest BCUT2D eigenvalue weighted by Gasteiger charge is -2.13. The van der Waals surface area contributed by atoms with Crippen LogP contribution in [-0.2, 0) is 12.4 Å². The second-order valence-electron chi connectivity index (χ2n) is 9.79. The molecule has 11 heteroatoms. The number of rotatable bonds is 6. The summed E-state index contributed by atoms with van der Waals surface area (Å²) in [6, 6.07) is 26.4. The molecule has 0 N–H and O–H groups in total. The Bertz CT molecular complexity index is 1780. The van der Waals surface area contributed by atoms with E-state index in [0.29, 0.717) is 33.9 Å². The van der Waals surface area contributed by atoms with Gasteiger partial charge in [0.05, 0.1) is 57.4 Å². The Morgan fingerprint density at radius 3 is 1.16 bits per heavy atom. The Kier molecular flexibility index (Phi) is 7.16. The summed E-state index contributed by atoms with van der Waals surface area (Å²) >= 11 is 0. The fourth-order valence-electron chi connectivity index (χ4n) is 4.90. The van der Waals surface area contributed by atoms with Crippen LogP contribution in [0, 0.1) is 0 Å². The van der Waals surface area contributed by atoms with Gasteiger partial charge in [0.25, 0.3) is 0 Å². The van der Waals surface area contributed by atoms with Crippen molar-refractivity contribution in [3.63, 3.8) is 0 Å².